The molecular weight excluding hydrogens is 174 g/mol. The Balaban J connectivity index is 3.81. The van der Waals surface area contributed by atoms with Crippen LogP contribution in [0.1, 0.15) is 13.8 Å². The van der Waals surface area contributed by atoms with E-state index in [1.807, 2.05) is 0 Å². The SMILES string of the molecule is CC(=O)OC(=O)[C@H](C)NCC=C=O. The van der Waals surface area contributed by atoms with Crippen LogP contribution in [0.3, 0.4) is 0 Å². The number of ether oxygens (including phenoxy) is 1. The summed E-state index contributed by atoms with van der Waals surface area (Å²) in [7, 11) is 0. The summed E-state index contributed by atoms with van der Waals surface area (Å²) >= 11 is 0. The Kier molecular flexibility index (Phi) is 5.43. The first-order valence-corrected chi connectivity index (χ1v) is 3.73. The number of hydrogen-bond donors (Lipinski definition) is 1. The Bertz CT molecular complexity index is 243. The number of rotatable bonds is 4. The third-order valence-electron chi connectivity index (χ3n) is 1.21. The fourth-order valence-corrected chi connectivity index (χ4v) is 0.591. The molecule has 0 saturated heterocycles. The molecule has 1 N–H and O–H groups in total. The molecule has 0 aromatic carbocycles. The van der Waals surface area contributed by atoms with Crippen molar-refractivity contribution in [2.75, 3.05) is 6.54 Å². The molecule has 72 valence electrons. The van der Waals surface area contributed by atoms with Gasteiger partial charge in [-0.1, -0.05) is 0 Å². The Morgan fingerprint density at radius 3 is 2.69 bits per heavy atom. The molecule has 0 aromatic rings. The van der Waals surface area contributed by atoms with E-state index in [0.29, 0.717) is 0 Å². The van der Waals surface area contributed by atoms with Gasteiger partial charge in [-0.15, -0.1) is 0 Å². The standard InChI is InChI=1S/C8H11NO4/c1-6(9-4-3-5-10)8(12)13-7(2)11/h3,6,9H,4H2,1-2H3/t6-/m0/s1. The van der Waals surface area contributed by atoms with Crippen LogP contribution in [-0.2, 0) is 19.1 Å². The molecule has 5 nitrogen and oxygen atoms in total. The summed E-state index contributed by atoms with van der Waals surface area (Å²) in [5, 5.41) is 2.64. The fraction of sp³-hybridized carbons (Fsp3) is 0.500. The minimum atomic E-state index is -0.660. The third kappa shape index (κ3) is 5.78. The maximum Gasteiger partial charge on any atom is 0.330 e. The minimum Gasteiger partial charge on any atom is -0.392 e. The van der Waals surface area contributed by atoms with Crippen LogP contribution in [0.4, 0.5) is 0 Å². The van der Waals surface area contributed by atoms with Crippen molar-refractivity contribution in [1.29, 1.82) is 0 Å². The second-order valence-electron chi connectivity index (χ2n) is 2.36. The largest absolute Gasteiger partial charge is 0.392 e. The minimum absolute atomic E-state index is 0.220. The van der Waals surface area contributed by atoms with Crippen molar-refractivity contribution in [3.63, 3.8) is 0 Å². The van der Waals surface area contributed by atoms with Gasteiger partial charge in [-0.3, -0.25) is 4.79 Å². The van der Waals surface area contributed by atoms with Crippen molar-refractivity contribution in [2.45, 2.75) is 19.9 Å². The summed E-state index contributed by atoms with van der Waals surface area (Å²) in [5.41, 5.74) is 0. The Hall–Kier alpha value is -1.45. The van der Waals surface area contributed by atoms with Gasteiger partial charge in [0, 0.05) is 19.5 Å². The van der Waals surface area contributed by atoms with E-state index in [1.165, 1.54) is 13.0 Å². The van der Waals surface area contributed by atoms with Gasteiger partial charge in [0.15, 0.2) is 0 Å². The molecule has 5 heteroatoms. The van der Waals surface area contributed by atoms with Crippen LogP contribution in [0, 0.1) is 0 Å². The van der Waals surface area contributed by atoms with E-state index in [0.717, 1.165) is 6.92 Å². The lowest BCUT2D eigenvalue weighted by atomic mass is 10.3. The second-order valence-corrected chi connectivity index (χ2v) is 2.36. The zero-order valence-corrected chi connectivity index (χ0v) is 7.49. The highest BCUT2D eigenvalue weighted by Gasteiger charge is 2.14. The van der Waals surface area contributed by atoms with E-state index in [-0.39, 0.29) is 6.54 Å². The van der Waals surface area contributed by atoms with E-state index < -0.39 is 18.0 Å². The summed E-state index contributed by atoms with van der Waals surface area (Å²) in [6, 6.07) is -0.617. The smallest absolute Gasteiger partial charge is 0.330 e. The third-order valence-corrected chi connectivity index (χ3v) is 1.21. The number of carbonyl (C=O) groups is 2. The second kappa shape index (κ2) is 6.11. The Morgan fingerprint density at radius 2 is 2.23 bits per heavy atom. The van der Waals surface area contributed by atoms with E-state index in [4.69, 9.17) is 0 Å². The number of carbonyl (C=O) groups excluding carboxylic acids is 3. The first kappa shape index (κ1) is 11.6. The van der Waals surface area contributed by atoms with E-state index in [1.54, 1.807) is 5.94 Å². The highest BCUT2D eigenvalue weighted by Crippen LogP contribution is 1.87. The number of esters is 2. The first-order chi connectivity index (χ1) is 6.07. The van der Waals surface area contributed by atoms with Crippen LogP contribution in [0.5, 0.6) is 0 Å². The van der Waals surface area contributed by atoms with Gasteiger partial charge >= 0.3 is 11.9 Å². The summed E-state index contributed by atoms with van der Waals surface area (Å²) in [4.78, 5) is 31.0. The van der Waals surface area contributed by atoms with E-state index >= 15 is 0 Å². The van der Waals surface area contributed by atoms with Gasteiger partial charge in [0.05, 0.1) is 0 Å². The Labute approximate surface area is 75.8 Å². The monoisotopic (exact) mass is 185 g/mol. The molecule has 0 amide bonds. The van der Waals surface area contributed by atoms with Crippen LogP contribution in [0.25, 0.3) is 0 Å². The maximum atomic E-state index is 10.9. The van der Waals surface area contributed by atoms with Gasteiger partial charge in [-0.25, -0.2) is 9.59 Å². The molecule has 13 heavy (non-hydrogen) atoms. The molecule has 0 heterocycles. The van der Waals surface area contributed by atoms with Crippen molar-refractivity contribution in [3.05, 3.63) is 6.08 Å². The normalized spacial score (nSPS) is 11.2. The van der Waals surface area contributed by atoms with Crippen molar-refractivity contribution in [1.82, 2.24) is 5.32 Å². The predicted octanol–water partition coefficient (Wildman–Crippen LogP) is -0.558. The zero-order chi connectivity index (χ0) is 10.3. The molecule has 0 aromatic heterocycles. The van der Waals surface area contributed by atoms with Gasteiger partial charge in [-0.05, 0) is 6.92 Å². The van der Waals surface area contributed by atoms with Gasteiger partial charge in [0.1, 0.15) is 12.0 Å². The summed E-state index contributed by atoms with van der Waals surface area (Å²) < 4.78 is 4.29. The molecule has 0 aliphatic rings. The zero-order valence-electron chi connectivity index (χ0n) is 7.49. The van der Waals surface area contributed by atoms with Crippen LogP contribution in [-0.4, -0.2) is 30.5 Å². The van der Waals surface area contributed by atoms with Crippen LogP contribution >= 0.6 is 0 Å². The summed E-state index contributed by atoms with van der Waals surface area (Å²) in [5.74, 6) is 0.237. The lowest BCUT2D eigenvalue weighted by Gasteiger charge is -2.08. The van der Waals surface area contributed by atoms with Gasteiger partial charge < -0.3 is 10.1 Å². The highest BCUT2D eigenvalue weighted by atomic mass is 16.6. The van der Waals surface area contributed by atoms with Gasteiger partial charge in [0.25, 0.3) is 0 Å². The molecule has 1 atom stereocenters. The summed E-state index contributed by atoms with van der Waals surface area (Å²) in [6.07, 6.45) is 1.19. The van der Waals surface area contributed by atoms with E-state index in [2.05, 4.69) is 10.1 Å². The number of nitrogens with one attached hydrogen (secondary N) is 1. The van der Waals surface area contributed by atoms with E-state index in [9.17, 15) is 14.4 Å². The molecule has 0 radical (unpaired) electrons. The van der Waals surface area contributed by atoms with Crippen LogP contribution in [0.15, 0.2) is 6.08 Å². The molecular formula is C8H11NO4. The average Bonchev–Trinajstić information content (AvgIpc) is 2.03. The topological polar surface area (TPSA) is 72.5 Å². The maximum absolute atomic E-state index is 10.9. The molecule has 0 bridgehead atoms. The van der Waals surface area contributed by atoms with Crippen molar-refractivity contribution >= 4 is 17.9 Å². The molecule has 0 spiro atoms. The quantitative estimate of drug-likeness (QED) is 0.361. The summed E-state index contributed by atoms with van der Waals surface area (Å²) in [6.45, 7) is 2.90. The lowest BCUT2D eigenvalue weighted by Crippen LogP contribution is -2.36. The van der Waals surface area contributed by atoms with Crippen LogP contribution in [0.2, 0.25) is 0 Å². The lowest BCUT2D eigenvalue weighted by molar-refractivity contribution is -0.159. The highest BCUT2D eigenvalue weighted by molar-refractivity contribution is 5.87. The molecule has 0 fully saturated rings. The Morgan fingerprint density at radius 1 is 1.62 bits per heavy atom. The molecule has 0 saturated carbocycles. The number of hydrogen-bond acceptors (Lipinski definition) is 5. The van der Waals surface area contributed by atoms with Crippen molar-refractivity contribution in [3.8, 4) is 0 Å². The first-order valence-electron chi connectivity index (χ1n) is 3.73. The molecule has 0 unspecified atom stereocenters. The molecule has 0 aliphatic carbocycles. The fourth-order valence-electron chi connectivity index (χ4n) is 0.591. The van der Waals surface area contributed by atoms with Crippen molar-refractivity contribution in [2.24, 2.45) is 0 Å². The van der Waals surface area contributed by atoms with Crippen molar-refractivity contribution < 1.29 is 19.1 Å². The predicted molar refractivity (Wildman–Crippen MR) is 44.5 cm³/mol. The van der Waals surface area contributed by atoms with Crippen LogP contribution < -0.4 is 5.32 Å². The molecule has 0 rings (SSSR count). The van der Waals surface area contributed by atoms with Gasteiger partial charge in [-0.2, -0.15) is 0 Å². The average molecular weight is 185 g/mol. The molecule has 0 aliphatic heterocycles. The van der Waals surface area contributed by atoms with Gasteiger partial charge in [0.2, 0.25) is 0 Å².